The molecule has 0 heterocycles. The van der Waals surface area contributed by atoms with Crippen molar-refractivity contribution >= 4 is 23.7 Å². The molecule has 10 heavy (non-hydrogen) atoms. The first-order valence-electron chi connectivity index (χ1n) is 2.79. The minimum atomic E-state index is 0.207. The molecule has 0 saturated carbocycles. The van der Waals surface area contributed by atoms with Crippen LogP contribution in [0.2, 0.25) is 5.02 Å². The standard InChI is InChI=1S/C7H6ClFS/c1-5-2-3-6(10-9)4-7(5)8/h2-4H,1H3. The quantitative estimate of drug-likeness (QED) is 0.630. The van der Waals surface area contributed by atoms with E-state index in [9.17, 15) is 3.89 Å². The van der Waals surface area contributed by atoms with E-state index in [4.69, 9.17) is 11.6 Å². The second-order valence-corrected chi connectivity index (χ2v) is 3.02. The molecule has 54 valence electrons. The highest BCUT2D eigenvalue weighted by atomic mass is 35.5. The van der Waals surface area contributed by atoms with E-state index >= 15 is 0 Å². The molecule has 1 aromatic rings. The topological polar surface area (TPSA) is 0 Å². The van der Waals surface area contributed by atoms with E-state index in [1.165, 1.54) is 0 Å². The van der Waals surface area contributed by atoms with Gasteiger partial charge in [0.25, 0.3) is 0 Å². The summed E-state index contributed by atoms with van der Waals surface area (Å²) in [6.45, 7) is 1.88. The number of aryl methyl sites for hydroxylation is 1. The van der Waals surface area contributed by atoms with Crippen molar-refractivity contribution in [3.8, 4) is 0 Å². The third kappa shape index (κ3) is 1.64. The first kappa shape index (κ1) is 7.89. The molecular formula is C7H6ClFS. The number of benzene rings is 1. The van der Waals surface area contributed by atoms with Crippen LogP contribution in [0.4, 0.5) is 3.89 Å². The minimum absolute atomic E-state index is 0.207. The summed E-state index contributed by atoms with van der Waals surface area (Å²) in [6, 6.07) is 5.11. The molecule has 0 N–H and O–H groups in total. The maximum atomic E-state index is 11.9. The van der Waals surface area contributed by atoms with Crippen LogP contribution in [-0.2, 0) is 0 Å². The van der Waals surface area contributed by atoms with E-state index in [0.717, 1.165) is 5.56 Å². The first-order chi connectivity index (χ1) is 4.74. The number of hydrogen-bond donors (Lipinski definition) is 0. The van der Waals surface area contributed by atoms with E-state index in [-0.39, 0.29) is 12.1 Å². The smallest absolute Gasteiger partial charge is 0.0812 e. The van der Waals surface area contributed by atoms with Crippen molar-refractivity contribution < 1.29 is 3.89 Å². The Bertz CT molecular complexity index is 237. The summed E-state index contributed by atoms with van der Waals surface area (Å²) >= 11 is 5.92. The average molecular weight is 177 g/mol. The van der Waals surface area contributed by atoms with Crippen LogP contribution in [0.25, 0.3) is 0 Å². The molecule has 0 nitrogen and oxygen atoms in total. The predicted molar refractivity (Wildman–Crippen MR) is 43.2 cm³/mol. The highest BCUT2D eigenvalue weighted by Gasteiger charge is 1.96. The van der Waals surface area contributed by atoms with E-state index < -0.39 is 0 Å². The third-order valence-corrected chi connectivity index (χ3v) is 2.07. The third-order valence-electron chi connectivity index (χ3n) is 1.23. The lowest BCUT2D eigenvalue weighted by Gasteiger charge is -1.96. The monoisotopic (exact) mass is 176 g/mol. The molecule has 1 aromatic carbocycles. The molecule has 0 bridgehead atoms. The van der Waals surface area contributed by atoms with Crippen LogP contribution >= 0.6 is 23.7 Å². The lowest BCUT2D eigenvalue weighted by Crippen LogP contribution is -1.74. The Morgan fingerprint density at radius 1 is 1.50 bits per heavy atom. The average Bonchev–Trinajstić information content (AvgIpc) is 1.95. The van der Waals surface area contributed by atoms with Gasteiger partial charge in [-0.3, -0.25) is 0 Å². The zero-order chi connectivity index (χ0) is 7.56. The fourth-order valence-corrected chi connectivity index (χ4v) is 1.15. The normalized spacial score (nSPS) is 9.90. The van der Waals surface area contributed by atoms with Crippen LogP contribution in [0.5, 0.6) is 0 Å². The van der Waals surface area contributed by atoms with Gasteiger partial charge in [-0.25, -0.2) is 0 Å². The fourth-order valence-electron chi connectivity index (χ4n) is 0.622. The summed E-state index contributed by atoms with van der Waals surface area (Å²) in [7, 11) is 0. The van der Waals surface area contributed by atoms with Gasteiger partial charge in [-0.15, -0.1) is 0 Å². The summed E-state index contributed by atoms with van der Waals surface area (Å²) in [5.74, 6) is 0. The summed E-state index contributed by atoms with van der Waals surface area (Å²) in [6.07, 6.45) is 0. The number of hydrogen-bond acceptors (Lipinski definition) is 1. The summed E-state index contributed by atoms with van der Waals surface area (Å²) < 4.78 is 11.9. The van der Waals surface area contributed by atoms with Gasteiger partial charge >= 0.3 is 0 Å². The Hall–Kier alpha value is -0.210. The molecule has 0 spiro atoms. The molecule has 0 aliphatic heterocycles. The predicted octanol–water partition coefficient (Wildman–Crippen LogP) is 3.63. The van der Waals surface area contributed by atoms with E-state index in [1.54, 1.807) is 18.2 Å². The van der Waals surface area contributed by atoms with E-state index in [2.05, 4.69) is 0 Å². The molecule has 0 aromatic heterocycles. The molecule has 1 rings (SSSR count). The first-order valence-corrected chi connectivity index (χ1v) is 3.88. The zero-order valence-electron chi connectivity index (χ0n) is 5.40. The highest BCUT2D eigenvalue weighted by Crippen LogP contribution is 2.24. The second kappa shape index (κ2) is 3.26. The van der Waals surface area contributed by atoms with Crippen LogP contribution in [0.15, 0.2) is 23.1 Å². The van der Waals surface area contributed by atoms with Gasteiger partial charge in [0.1, 0.15) is 0 Å². The van der Waals surface area contributed by atoms with Gasteiger partial charge in [-0.2, -0.15) is 3.89 Å². The van der Waals surface area contributed by atoms with Crippen LogP contribution < -0.4 is 0 Å². The van der Waals surface area contributed by atoms with Gasteiger partial charge in [0.15, 0.2) is 0 Å². The SMILES string of the molecule is Cc1ccc(SF)cc1Cl. The van der Waals surface area contributed by atoms with Crippen LogP contribution in [0.3, 0.4) is 0 Å². The second-order valence-electron chi connectivity index (χ2n) is 1.99. The van der Waals surface area contributed by atoms with Crippen molar-refractivity contribution in [1.29, 1.82) is 0 Å². The van der Waals surface area contributed by atoms with Crippen LogP contribution in [0.1, 0.15) is 5.56 Å². The Kier molecular flexibility index (Phi) is 2.57. The molecule has 0 unspecified atom stereocenters. The highest BCUT2D eigenvalue weighted by molar-refractivity contribution is 7.94. The van der Waals surface area contributed by atoms with Gasteiger partial charge in [0, 0.05) is 9.92 Å². The molecule has 0 aliphatic carbocycles. The Labute approximate surface area is 68.7 Å². The summed E-state index contributed by atoms with van der Waals surface area (Å²) in [5, 5.41) is 0.614. The maximum Gasteiger partial charge on any atom is 0.0812 e. The van der Waals surface area contributed by atoms with E-state index in [1.807, 2.05) is 6.92 Å². The van der Waals surface area contributed by atoms with Crippen LogP contribution in [-0.4, -0.2) is 0 Å². The van der Waals surface area contributed by atoms with Crippen molar-refractivity contribution in [2.24, 2.45) is 0 Å². The Morgan fingerprint density at radius 2 is 2.20 bits per heavy atom. The molecule has 0 fully saturated rings. The minimum Gasteiger partial charge on any atom is -0.160 e. The molecule has 0 radical (unpaired) electrons. The largest absolute Gasteiger partial charge is 0.160 e. The van der Waals surface area contributed by atoms with Gasteiger partial charge < -0.3 is 0 Å². The van der Waals surface area contributed by atoms with Gasteiger partial charge in [-0.05, 0) is 24.6 Å². The van der Waals surface area contributed by atoms with Crippen molar-refractivity contribution in [2.75, 3.05) is 0 Å². The summed E-state index contributed by atoms with van der Waals surface area (Å²) in [5.41, 5.74) is 0.972. The molecule has 3 heteroatoms. The van der Waals surface area contributed by atoms with Gasteiger partial charge in [0.05, 0.1) is 12.1 Å². The molecule has 0 saturated heterocycles. The molecular weight excluding hydrogens is 171 g/mol. The summed E-state index contributed by atoms with van der Waals surface area (Å²) in [4.78, 5) is 0.551. The fraction of sp³-hybridized carbons (Fsp3) is 0.143. The van der Waals surface area contributed by atoms with Gasteiger partial charge in [-0.1, -0.05) is 17.7 Å². The Morgan fingerprint density at radius 3 is 2.70 bits per heavy atom. The lowest BCUT2D eigenvalue weighted by atomic mass is 10.2. The molecule has 0 amide bonds. The van der Waals surface area contributed by atoms with Gasteiger partial charge in [0.2, 0.25) is 0 Å². The van der Waals surface area contributed by atoms with Crippen molar-refractivity contribution in [3.05, 3.63) is 28.8 Å². The van der Waals surface area contributed by atoms with Crippen molar-refractivity contribution in [2.45, 2.75) is 11.8 Å². The lowest BCUT2D eigenvalue weighted by molar-refractivity contribution is 0.934. The molecule has 0 atom stereocenters. The number of rotatable bonds is 1. The van der Waals surface area contributed by atoms with E-state index in [0.29, 0.717) is 9.92 Å². The van der Waals surface area contributed by atoms with Crippen molar-refractivity contribution in [3.63, 3.8) is 0 Å². The Balaban J connectivity index is 3.04. The van der Waals surface area contributed by atoms with Crippen molar-refractivity contribution in [1.82, 2.24) is 0 Å². The number of halogens is 2. The maximum absolute atomic E-state index is 11.9. The van der Waals surface area contributed by atoms with Crippen LogP contribution in [0, 0.1) is 6.92 Å². The molecule has 0 aliphatic rings. The zero-order valence-corrected chi connectivity index (χ0v) is 6.97.